The molecule has 0 bridgehead atoms. The van der Waals surface area contributed by atoms with Crippen molar-refractivity contribution in [1.82, 2.24) is 0 Å². The van der Waals surface area contributed by atoms with Crippen LogP contribution in [0.5, 0.6) is 5.75 Å². The fraction of sp³-hybridized carbons (Fsp3) is 0.286. The first kappa shape index (κ1) is 11.8. The minimum atomic E-state index is -0.532. The van der Waals surface area contributed by atoms with Gasteiger partial charge in [0, 0.05) is 23.1 Å². The van der Waals surface area contributed by atoms with E-state index in [1.165, 1.54) is 18.2 Å². The predicted molar refractivity (Wildman–Crippen MR) is 66.7 cm³/mol. The van der Waals surface area contributed by atoms with Crippen molar-refractivity contribution in [2.75, 3.05) is 0 Å². The van der Waals surface area contributed by atoms with Crippen molar-refractivity contribution in [2.24, 2.45) is 5.92 Å². The van der Waals surface area contributed by atoms with Crippen LogP contribution in [0.25, 0.3) is 11.0 Å². The summed E-state index contributed by atoms with van der Waals surface area (Å²) >= 11 is 0. The zero-order chi connectivity index (χ0) is 13.4. The lowest BCUT2D eigenvalue weighted by Crippen LogP contribution is -2.08. The maximum absolute atomic E-state index is 11.5. The van der Waals surface area contributed by atoms with Crippen LogP contribution in [0, 0.1) is 5.92 Å². The number of carbonyl (C=O) groups excluding carboxylic acids is 1. The summed E-state index contributed by atoms with van der Waals surface area (Å²) in [4.78, 5) is 22.9. The smallest absolute Gasteiger partial charge is 0.336 e. The third-order valence-corrected chi connectivity index (χ3v) is 3.09. The molecular formula is C14H12O5. The van der Waals surface area contributed by atoms with Gasteiger partial charge in [-0.25, -0.2) is 4.79 Å². The Labute approximate surface area is 108 Å². The normalized spacial score (nSPS) is 14.5. The molecule has 0 unspecified atom stereocenters. The van der Waals surface area contributed by atoms with Gasteiger partial charge in [0.15, 0.2) is 0 Å². The Hall–Kier alpha value is -2.30. The summed E-state index contributed by atoms with van der Waals surface area (Å²) in [6.07, 6.45) is 1.76. The number of esters is 1. The van der Waals surface area contributed by atoms with Gasteiger partial charge >= 0.3 is 11.6 Å². The van der Waals surface area contributed by atoms with Crippen LogP contribution >= 0.6 is 0 Å². The summed E-state index contributed by atoms with van der Waals surface area (Å²) in [5.74, 6) is -0.182. The first-order valence-corrected chi connectivity index (χ1v) is 6.06. The van der Waals surface area contributed by atoms with Crippen molar-refractivity contribution >= 4 is 16.9 Å². The molecule has 1 N–H and O–H groups in total. The molecule has 1 heterocycles. The second-order valence-electron chi connectivity index (χ2n) is 4.65. The van der Waals surface area contributed by atoms with E-state index in [0.29, 0.717) is 10.9 Å². The van der Waals surface area contributed by atoms with E-state index >= 15 is 0 Å². The average Bonchev–Trinajstić information content (AvgIpc) is 3.18. The van der Waals surface area contributed by atoms with Gasteiger partial charge in [0.05, 0.1) is 5.92 Å². The van der Waals surface area contributed by atoms with Gasteiger partial charge in [-0.1, -0.05) is 0 Å². The molecule has 1 aliphatic carbocycles. The summed E-state index contributed by atoms with van der Waals surface area (Å²) in [6.45, 7) is 0.0439. The van der Waals surface area contributed by atoms with E-state index in [0.717, 1.165) is 12.8 Å². The quantitative estimate of drug-likeness (QED) is 0.674. The van der Waals surface area contributed by atoms with Gasteiger partial charge in [0.25, 0.3) is 0 Å². The zero-order valence-corrected chi connectivity index (χ0v) is 10.1. The SMILES string of the molecule is O=C(OCc1cc(=O)oc2cc(O)ccc12)C1CC1. The maximum Gasteiger partial charge on any atom is 0.336 e. The number of aromatic hydroxyl groups is 1. The monoisotopic (exact) mass is 260 g/mol. The molecule has 0 atom stereocenters. The number of phenolic OH excluding ortho intramolecular Hbond substituents is 1. The predicted octanol–water partition coefficient (Wildman–Crippen LogP) is 1.95. The van der Waals surface area contributed by atoms with Gasteiger partial charge in [0.1, 0.15) is 17.9 Å². The molecule has 2 aromatic rings. The van der Waals surface area contributed by atoms with E-state index in [2.05, 4.69) is 0 Å². The van der Waals surface area contributed by atoms with Crippen molar-refractivity contribution in [3.05, 3.63) is 40.2 Å². The van der Waals surface area contributed by atoms with Gasteiger partial charge in [0.2, 0.25) is 0 Å². The Morgan fingerprint density at radius 2 is 2.16 bits per heavy atom. The van der Waals surface area contributed by atoms with Gasteiger partial charge < -0.3 is 14.3 Å². The van der Waals surface area contributed by atoms with Crippen LogP contribution in [0.15, 0.2) is 33.5 Å². The number of rotatable bonds is 3. The van der Waals surface area contributed by atoms with Gasteiger partial charge in [-0.05, 0) is 25.0 Å². The highest BCUT2D eigenvalue weighted by Gasteiger charge is 2.31. The lowest BCUT2D eigenvalue weighted by molar-refractivity contribution is -0.146. The lowest BCUT2D eigenvalue weighted by atomic mass is 10.1. The minimum Gasteiger partial charge on any atom is -0.508 e. The Balaban J connectivity index is 1.92. The summed E-state index contributed by atoms with van der Waals surface area (Å²) in [7, 11) is 0. The van der Waals surface area contributed by atoms with E-state index in [4.69, 9.17) is 9.15 Å². The Morgan fingerprint density at radius 1 is 1.37 bits per heavy atom. The van der Waals surface area contributed by atoms with Crippen molar-refractivity contribution in [3.8, 4) is 5.75 Å². The van der Waals surface area contributed by atoms with Crippen molar-refractivity contribution in [2.45, 2.75) is 19.4 Å². The van der Waals surface area contributed by atoms with Gasteiger partial charge in [-0.15, -0.1) is 0 Å². The summed E-state index contributed by atoms with van der Waals surface area (Å²) < 4.78 is 10.2. The summed E-state index contributed by atoms with van der Waals surface area (Å²) in [5, 5.41) is 10.0. The highest BCUT2D eigenvalue weighted by atomic mass is 16.5. The molecule has 1 aromatic carbocycles. The second kappa shape index (κ2) is 4.42. The number of hydrogen-bond donors (Lipinski definition) is 1. The van der Waals surface area contributed by atoms with Gasteiger partial charge in [-0.2, -0.15) is 0 Å². The van der Waals surface area contributed by atoms with Crippen molar-refractivity contribution in [3.63, 3.8) is 0 Å². The molecule has 19 heavy (non-hydrogen) atoms. The topological polar surface area (TPSA) is 76.7 Å². The number of benzene rings is 1. The Kier molecular flexibility index (Phi) is 2.74. The molecule has 1 saturated carbocycles. The van der Waals surface area contributed by atoms with Crippen LogP contribution < -0.4 is 5.63 Å². The number of phenols is 1. The largest absolute Gasteiger partial charge is 0.508 e. The maximum atomic E-state index is 11.5. The molecule has 5 heteroatoms. The number of ether oxygens (including phenoxy) is 1. The Bertz CT molecular complexity index is 697. The highest BCUT2D eigenvalue weighted by molar-refractivity contribution is 5.82. The van der Waals surface area contributed by atoms with Crippen molar-refractivity contribution < 1.29 is 19.1 Å². The third-order valence-electron chi connectivity index (χ3n) is 3.09. The first-order valence-electron chi connectivity index (χ1n) is 6.06. The molecule has 5 nitrogen and oxygen atoms in total. The van der Waals surface area contributed by atoms with E-state index in [9.17, 15) is 14.7 Å². The third kappa shape index (κ3) is 2.45. The molecular weight excluding hydrogens is 248 g/mol. The van der Waals surface area contributed by atoms with Crippen LogP contribution in [-0.2, 0) is 16.1 Å². The number of fused-ring (bicyclic) bond motifs is 1. The van der Waals surface area contributed by atoms with Crippen LogP contribution in [0.2, 0.25) is 0 Å². The first-order chi connectivity index (χ1) is 9.13. The standard InChI is InChI=1S/C14H12O5/c15-10-3-4-11-9(5-13(16)19-12(11)6-10)7-18-14(17)8-1-2-8/h3-6,8,15H,1-2,7H2. The minimum absolute atomic E-state index is 0.0165. The zero-order valence-electron chi connectivity index (χ0n) is 10.1. The fourth-order valence-corrected chi connectivity index (χ4v) is 1.92. The van der Waals surface area contributed by atoms with E-state index < -0.39 is 5.63 Å². The van der Waals surface area contributed by atoms with Crippen molar-refractivity contribution in [1.29, 1.82) is 0 Å². The molecule has 1 aromatic heterocycles. The Morgan fingerprint density at radius 3 is 2.89 bits per heavy atom. The molecule has 0 radical (unpaired) electrons. The second-order valence-corrected chi connectivity index (χ2v) is 4.65. The molecule has 98 valence electrons. The molecule has 3 rings (SSSR count). The van der Waals surface area contributed by atoms with Crippen LogP contribution in [0.3, 0.4) is 0 Å². The van der Waals surface area contributed by atoms with E-state index in [1.54, 1.807) is 6.07 Å². The van der Waals surface area contributed by atoms with Crippen LogP contribution in [0.1, 0.15) is 18.4 Å². The van der Waals surface area contributed by atoms with Gasteiger partial charge in [-0.3, -0.25) is 4.79 Å². The summed E-state index contributed by atoms with van der Waals surface area (Å²) in [5.41, 5.74) is 0.334. The molecule has 1 aliphatic rings. The summed E-state index contributed by atoms with van der Waals surface area (Å²) in [6, 6.07) is 5.80. The highest BCUT2D eigenvalue weighted by Crippen LogP contribution is 2.30. The molecule has 0 aliphatic heterocycles. The fourth-order valence-electron chi connectivity index (χ4n) is 1.92. The molecule has 0 spiro atoms. The molecule has 0 amide bonds. The molecule has 1 fully saturated rings. The number of carbonyl (C=O) groups is 1. The number of hydrogen-bond acceptors (Lipinski definition) is 5. The lowest BCUT2D eigenvalue weighted by Gasteiger charge is -2.06. The molecule has 0 saturated heterocycles. The van der Waals surface area contributed by atoms with Crippen LogP contribution in [-0.4, -0.2) is 11.1 Å². The average molecular weight is 260 g/mol. The van der Waals surface area contributed by atoms with E-state index in [-0.39, 0.29) is 29.8 Å². The van der Waals surface area contributed by atoms with Crippen LogP contribution in [0.4, 0.5) is 0 Å². The van der Waals surface area contributed by atoms with E-state index in [1.807, 2.05) is 0 Å².